The number of carbonyl (C=O) groups is 1. The Kier molecular flexibility index (Phi) is 6.21. The average Bonchev–Trinajstić information content (AvgIpc) is 3.24. The lowest BCUT2D eigenvalue weighted by molar-refractivity contribution is -0.124. The fraction of sp³-hybridized carbons (Fsp3) is 0.154. The molecule has 4 rings (SSSR count). The molecule has 156 valence electrons. The fourth-order valence-electron chi connectivity index (χ4n) is 3.82. The first-order valence-electron chi connectivity index (χ1n) is 10.1. The number of anilines is 1. The van der Waals surface area contributed by atoms with E-state index in [1.54, 1.807) is 0 Å². The van der Waals surface area contributed by atoms with Gasteiger partial charge in [-0.3, -0.25) is 4.79 Å². The normalized spacial score (nSPS) is 11.5. The van der Waals surface area contributed by atoms with E-state index in [1.807, 2.05) is 79.9 Å². The van der Waals surface area contributed by atoms with Crippen molar-refractivity contribution in [1.29, 1.82) is 0 Å². The second-order valence-corrected chi connectivity index (χ2v) is 9.27. The van der Waals surface area contributed by atoms with Crippen LogP contribution in [0, 0.1) is 5.41 Å². The minimum atomic E-state index is -0.704. The zero-order chi connectivity index (χ0) is 21.8. The summed E-state index contributed by atoms with van der Waals surface area (Å²) in [5, 5.41) is 6.21. The van der Waals surface area contributed by atoms with E-state index in [0.717, 1.165) is 22.4 Å². The third-order valence-corrected chi connectivity index (χ3v) is 6.41. The molecule has 31 heavy (non-hydrogen) atoms. The second kappa shape index (κ2) is 9.04. The van der Waals surface area contributed by atoms with E-state index in [-0.39, 0.29) is 11.8 Å². The van der Waals surface area contributed by atoms with Crippen LogP contribution in [0.3, 0.4) is 0 Å². The number of halogens is 1. The Hall–Kier alpha value is -2.95. The van der Waals surface area contributed by atoms with Gasteiger partial charge in [0.1, 0.15) is 0 Å². The Morgan fingerprint density at radius 1 is 0.935 bits per heavy atom. The van der Waals surface area contributed by atoms with Crippen LogP contribution in [0.25, 0.3) is 11.3 Å². The molecule has 1 amide bonds. The van der Waals surface area contributed by atoms with Gasteiger partial charge in [0.15, 0.2) is 5.13 Å². The number of benzene rings is 3. The zero-order valence-electron chi connectivity index (χ0n) is 17.4. The van der Waals surface area contributed by atoms with Crippen LogP contribution >= 0.6 is 22.9 Å². The minimum Gasteiger partial charge on any atom is -0.301 e. The molecule has 3 nitrogen and oxygen atoms in total. The molecule has 0 radical (unpaired) electrons. The van der Waals surface area contributed by atoms with Gasteiger partial charge in [-0.2, -0.15) is 0 Å². The third kappa shape index (κ3) is 4.71. The highest BCUT2D eigenvalue weighted by molar-refractivity contribution is 7.14. The molecule has 1 aromatic heterocycles. The number of amides is 1. The highest BCUT2D eigenvalue weighted by atomic mass is 35.5. The van der Waals surface area contributed by atoms with E-state index in [0.29, 0.717) is 10.2 Å². The molecule has 0 fully saturated rings. The largest absolute Gasteiger partial charge is 0.301 e. The van der Waals surface area contributed by atoms with Crippen LogP contribution in [-0.4, -0.2) is 10.9 Å². The van der Waals surface area contributed by atoms with Crippen molar-refractivity contribution in [3.05, 3.63) is 106 Å². The van der Waals surface area contributed by atoms with Crippen LogP contribution in [0.1, 0.15) is 30.9 Å². The smallest absolute Gasteiger partial charge is 0.232 e. The number of nitrogens with one attached hydrogen (secondary N) is 1. The molecule has 5 heteroatoms. The van der Waals surface area contributed by atoms with Crippen molar-refractivity contribution >= 4 is 34.0 Å². The number of hydrogen-bond acceptors (Lipinski definition) is 3. The molecule has 0 aliphatic heterocycles. The molecule has 4 aromatic rings. The SMILES string of the molecule is CC(C)(C(=O)Nc1nc(-c2cccc(Cl)c2)cs1)C(c1ccccc1)c1ccccc1. The van der Waals surface area contributed by atoms with Crippen molar-refractivity contribution in [2.24, 2.45) is 5.41 Å². The van der Waals surface area contributed by atoms with Crippen molar-refractivity contribution in [3.63, 3.8) is 0 Å². The maximum atomic E-state index is 13.5. The molecular formula is C26H23ClN2OS. The second-order valence-electron chi connectivity index (χ2n) is 7.98. The molecule has 0 bridgehead atoms. The lowest BCUT2D eigenvalue weighted by Gasteiger charge is -2.33. The minimum absolute atomic E-state index is 0.0720. The summed E-state index contributed by atoms with van der Waals surface area (Å²) in [7, 11) is 0. The maximum Gasteiger partial charge on any atom is 0.232 e. The Morgan fingerprint density at radius 3 is 2.13 bits per heavy atom. The van der Waals surface area contributed by atoms with Gasteiger partial charge in [-0.15, -0.1) is 11.3 Å². The summed E-state index contributed by atoms with van der Waals surface area (Å²) in [6, 6.07) is 27.9. The highest BCUT2D eigenvalue weighted by Crippen LogP contribution is 2.42. The first kappa shape index (κ1) is 21.3. The quantitative estimate of drug-likeness (QED) is 0.338. The number of nitrogens with zero attached hydrogens (tertiary/aromatic N) is 1. The molecule has 3 aromatic carbocycles. The van der Waals surface area contributed by atoms with E-state index in [1.165, 1.54) is 11.3 Å². The summed E-state index contributed by atoms with van der Waals surface area (Å²) in [4.78, 5) is 18.1. The van der Waals surface area contributed by atoms with Gasteiger partial charge in [0.2, 0.25) is 5.91 Å². The van der Waals surface area contributed by atoms with Gasteiger partial charge < -0.3 is 5.32 Å². The van der Waals surface area contributed by atoms with Gasteiger partial charge in [0.05, 0.1) is 11.1 Å². The van der Waals surface area contributed by atoms with Gasteiger partial charge in [-0.1, -0.05) is 98.2 Å². The van der Waals surface area contributed by atoms with Crippen LogP contribution in [0.15, 0.2) is 90.3 Å². The summed E-state index contributed by atoms with van der Waals surface area (Å²) < 4.78 is 0. The zero-order valence-corrected chi connectivity index (χ0v) is 19.0. The van der Waals surface area contributed by atoms with Crippen LogP contribution in [0.2, 0.25) is 5.02 Å². The topological polar surface area (TPSA) is 42.0 Å². The van der Waals surface area contributed by atoms with E-state index >= 15 is 0 Å². The van der Waals surface area contributed by atoms with E-state index in [9.17, 15) is 4.79 Å². The van der Waals surface area contributed by atoms with Crippen molar-refractivity contribution in [2.45, 2.75) is 19.8 Å². The van der Waals surface area contributed by atoms with Crippen LogP contribution in [0.4, 0.5) is 5.13 Å². The van der Waals surface area contributed by atoms with Crippen molar-refractivity contribution in [2.75, 3.05) is 5.32 Å². The summed E-state index contributed by atoms with van der Waals surface area (Å²) in [6.07, 6.45) is 0. The van der Waals surface area contributed by atoms with Gasteiger partial charge in [-0.05, 0) is 23.3 Å². The molecule has 0 saturated carbocycles. The third-order valence-electron chi connectivity index (χ3n) is 5.42. The Bertz CT molecular complexity index is 1130. The van der Waals surface area contributed by atoms with Crippen molar-refractivity contribution < 1.29 is 4.79 Å². The molecule has 0 saturated heterocycles. The number of thiazole rings is 1. The number of rotatable bonds is 6. The fourth-order valence-corrected chi connectivity index (χ4v) is 4.72. The molecule has 0 aliphatic rings. The van der Waals surface area contributed by atoms with Crippen LogP contribution < -0.4 is 5.32 Å². The predicted octanol–water partition coefficient (Wildman–Crippen LogP) is 7.26. The molecule has 0 unspecified atom stereocenters. The molecule has 1 heterocycles. The summed E-state index contributed by atoms with van der Waals surface area (Å²) in [6.45, 7) is 3.97. The van der Waals surface area contributed by atoms with Crippen LogP contribution in [-0.2, 0) is 4.79 Å². The Balaban J connectivity index is 1.62. The van der Waals surface area contributed by atoms with Gasteiger partial charge >= 0.3 is 0 Å². The first-order chi connectivity index (χ1) is 14.9. The number of carbonyl (C=O) groups excluding carboxylic acids is 1. The molecule has 0 aliphatic carbocycles. The summed E-state index contributed by atoms with van der Waals surface area (Å²) in [5.74, 6) is -0.167. The lowest BCUT2D eigenvalue weighted by Crippen LogP contribution is -2.37. The predicted molar refractivity (Wildman–Crippen MR) is 130 cm³/mol. The summed E-state index contributed by atoms with van der Waals surface area (Å²) >= 11 is 7.51. The molecule has 0 atom stereocenters. The summed E-state index contributed by atoms with van der Waals surface area (Å²) in [5.41, 5.74) is 3.23. The van der Waals surface area contributed by atoms with Crippen molar-refractivity contribution in [1.82, 2.24) is 4.98 Å². The van der Waals surface area contributed by atoms with Gasteiger partial charge in [0.25, 0.3) is 0 Å². The standard InChI is InChI=1S/C26H23ClN2OS/c1-26(2,23(18-10-5-3-6-11-18)19-12-7-4-8-13-19)24(30)29-25-28-22(17-31-25)20-14-9-15-21(27)16-20/h3-17,23H,1-2H3,(H,28,29,30). The van der Waals surface area contributed by atoms with Gasteiger partial charge in [0, 0.05) is 21.9 Å². The lowest BCUT2D eigenvalue weighted by atomic mass is 9.70. The van der Waals surface area contributed by atoms with E-state index < -0.39 is 5.41 Å². The maximum absolute atomic E-state index is 13.5. The molecular weight excluding hydrogens is 424 g/mol. The van der Waals surface area contributed by atoms with Gasteiger partial charge in [-0.25, -0.2) is 4.98 Å². The Labute approximate surface area is 191 Å². The average molecular weight is 447 g/mol. The number of aromatic nitrogens is 1. The van der Waals surface area contributed by atoms with E-state index in [4.69, 9.17) is 11.6 Å². The Morgan fingerprint density at radius 2 is 1.55 bits per heavy atom. The van der Waals surface area contributed by atoms with Crippen LogP contribution in [0.5, 0.6) is 0 Å². The highest BCUT2D eigenvalue weighted by Gasteiger charge is 2.39. The first-order valence-corrected chi connectivity index (χ1v) is 11.3. The van der Waals surface area contributed by atoms with Crippen molar-refractivity contribution in [3.8, 4) is 11.3 Å². The molecule has 0 spiro atoms. The monoisotopic (exact) mass is 446 g/mol. The molecule has 1 N–H and O–H groups in total. The number of hydrogen-bond donors (Lipinski definition) is 1. The van der Waals surface area contributed by atoms with E-state index in [2.05, 4.69) is 34.6 Å².